The third kappa shape index (κ3) is 2.27. The Labute approximate surface area is 116 Å². The van der Waals surface area contributed by atoms with Gasteiger partial charge in [0.05, 0.1) is 18.6 Å². The number of pyridine rings is 1. The second kappa shape index (κ2) is 5.11. The summed E-state index contributed by atoms with van der Waals surface area (Å²) >= 11 is 1.22. The molecule has 0 amide bonds. The number of benzene rings is 1. The molecule has 0 saturated carbocycles. The second-order valence-electron chi connectivity index (χ2n) is 4.27. The zero-order chi connectivity index (χ0) is 13.2. The van der Waals surface area contributed by atoms with Crippen molar-refractivity contribution in [1.29, 1.82) is 0 Å². The summed E-state index contributed by atoms with van der Waals surface area (Å²) in [6.45, 7) is 0.729. The van der Waals surface area contributed by atoms with Gasteiger partial charge in [-0.1, -0.05) is 0 Å². The summed E-state index contributed by atoms with van der Waals surface area (Å²) in [5.74, 6) is 1.54. The Morgan fingerprint density at radius 2 is 2.21 bits per heavy atom. The lowest BCUT2D eigenvalue weighted by atomic mass is 10.0. The van der Waals surface area contributed by atoms with Gasteiger partial charge < -0.3 is 9.47 Å². The van der Waals surface area contributed by atoms with Crippen LogP contribution in [0.2, 0.25) is 0 Å². The van der Waals surface area contributed by atoms with Gasteiger partial charge in [0.15, 0.2) is 0 Å². The van der Waals surface area contributed by atoms with E-state index in [0.29, 0.717) is 5.88 Å². The first-order valence-corrected chi connectivity index (χ1v) is 6.86. The van der Waals surface area contributed by atoms with E-state index in [-0.39, 0.29) is 0 Å². The Hall–Kier alpha value is -1.72. The largest absolute Gasteiger partial charge is 0.492 e. The quantitative estimate of drug-likeness (QED) is 0.872. The fourth-order valence-corrected chi connectivity index (χ4v) is 2.69. The minimum Gasteiger partial charge on any atom is -0.492 e. The molecule has 1 aromatic heterocycles. The first kappa shape index (κ1) is 12.3. The number of nitrogens with zero attached hydrogens (tertiary/aromatic N) is 1. The summed E-state index contributed by atoms with van der Waals surface area (Å²) in [6, 6.07) is 8.03. The lowest BCUT2D eigenvalue weighted by molar-refractivity contribution is 0.350. The third-order valence-electron chi connectivity index (χ3n) is 3.16. The van der Waals surface area contributed by atoms with Crippen LogP contribution in [0.3, 0.4) is 0 Å². The molecule has 0 spiro atoms. The van der Waals surface area contributed by atoms with Gasteiger partial charge in [0.2, 0.25) is 5.88 Å². The molecule has 0 aliphatic carbocycles. The molecular formula is C14H14N2O2S. The fourth-order valence-electron chi connectivity index (χ4n) is 2.20. The van der Waals surface area contributed by atoms with Crippen LogP contribution in [-0.2, 0) is 6.42 Å². The Kier molecular flexibility index (Phi) is 3.31. The second-order valence-corrected chi connectivity index (χ2v) is 4.94. The van der Waals surface area contributed by atoms with Crippen molar-refractivity contribution in [1.82, 2.24) is 4.98 Å². The van der Waals surface area contributed by atoms with E-state index < -0.39 is 0 Å². The minimum absolute atomic E-state index is 0.613. The van der Waals surface area contributed by atoms with Gasteiger partial charge >= 0.3 is 0 Å². The van der Waals surface area contributed by atoms with Crippen LogP contribution >= 0.6 is 11.9 Å². The molecule has 3 rings (SSSR count). The van der Waals surface area contributed by atoms with Gasteiger partial charge in [-0.3, -0.25) is 5.14 Å². The van der Waals surface area contributed by atoms with E-state index in [1.807, 2.05) is 18.2 Å². The fraction of sp³-hybridized carbons (Fsp3) is 0.214. The lowest BCUT2D eigenvalue weighted by Gasteiger charge is -2.09. The molecule has 4 nitrogen and oxygen atoms in total. The predicted octanol–water partition coefficient (Wildman–Crippen LogP) is 2.66. The smallest absolute Gasteiger partial charge is 0.212 e. The van der Waals surface area contributed by atoms with Gasteiger partial charge in [-0.25, -0.2) is 4.98 Å². The Balaban J connectivity index is 2.04. The molecular weight excluding hydrogens is 260 g/mol. The van der Waals surface area contributed by atoms with Gasteiger partial charge in [-0.2, -0.15) is 0 Å². The number of rotatable bonds is 3. The Bertz CT molecular complexity index is 599. The van der Waals surface area contributed by atoms with E-state index >= 15 is 0 Å². The van der Waals surface area contributed by atoms with Crippen LogP contribution in [0.5, 0.6) is 11.6 Å². The monoisotopic (exact) mass is 274 g/mol. The normalized spacial score (nSPS) is 12.9. The molecule has 0 saturated heterocycles. The average Bonchev–Trinajstić information content (AvgIpc) is 2.94. The molecule has 98 valence electrons. The van der Waals surface area contributed by atoms with Crippen molar-refractivity contribution in [2.45, 2.75) is 11.3 Å². The first-order chi connectivity index (χ1) is 9.31. The minimum atomic E-state index is 0.613. The summed E-state index contributed by atoms with van der Waals surface area (Å²) in [6.07, 6.45) is 2.74. The van der Waals surface area contributed by atoms with Crippen LogP contribution in [0.25, 0.3) is 11.1 Å². The van der Waals surface area contributed by atoms with Crippen LogP contribution in [0.1, 0.15) is 5.56 Å². The van der Waals surface area contributed by atoms with Crippen molar-refractivity contribution in [3.8, 4) is 22.8 Å². The highest BCUT2D eigenvalue weighted by atomic mass is 32.2. The van der Waals surface area contributed by atoms with Gasteiger partial charge in [0.1, 0.15) is 5.75 Å². The Morgan fingerprint density at radius 3 is 2.89 bits per heavy atom. The lowest BCUT2D eigenvalue weighted by Crippen LogP contribution is -1.91. The number of aromatic nitrogens is 1. The van der Waals surface area contributed by atoms with Gasteiger partial charge in [0.25, 0.3) is 0 Å². The summed E-state index contributed by atoms with van der Waals surface area (Å²) in [5.41, 5.74) is 3.36. The maximum absolute atomic E-state index is 5.72. The van der Waals surface area contributed by atoms with Crippen molar-refractivity contribution in [3.63, 3.8) is 0 Å². The molecule has 5 heteroatoms. The highest BCUT2D eigenvalue weighted by Crippen LogP contribution is 2.38. The summed E-state index contributed by atoms with van der Waals surface area (Å²) in [7, 11) is 1.61. The molecule has 0 fully saturated rings. The van der Waals surface area contributed by atoms with Crippen LogP contribution in [0.4, 0.5) is 0 Å². The van der Waals surface area contributed by atoms with Crippen LogP contribution < -0.4 is 14.6 Å². The number of hydrogen-bond acceptors (Lipinski definition) is 5. The molecule has 2 heterocycles. The highest BCUT2D eigenvalue weighted by molar-refractivity contribution is 7.97. The van der Waals surface area contributed by atoms with Crippen LogP contribution in [0, 0.1) is 0 Å². The van der Waals surface area contributed by atoms with Crippen molar-refractivity contribution < 1.29 is 9.47 Å². The van der Waals surface area contributed by atoms with E-state index in [4.69, 9.17) is 14.6 Å². The van der Waals surface area contributed by atoms with Crippen LogP contribution in [-0.4, -0.2) is 18.7 Å². The zero-order valence-electron chi connectivity index (χ0n) is 10.6. The van der Waals surface area contributed by atoms with E-state index in [2.05, 4.69) is 11.1 Å². The van der Waals surface area contributed by atoms with E-state index in [0.717, 1.165) is 34.8 Å². The average molecular weight is 274 g/mol. The molecule has 0 unspecified atom stereocenters. The number of hydrogen-bond donors (Lipinski definition) is 1. The number of methoxy groups -OCH3 is 1. The summed E-state index contributed by atoms with van der Waals surface area (Å²) in [5, 5.41) is 5.72. The van der Waals surface area contributed by atoms with Gasteiger partial charge in [-0.15, -0.1) is 0 Å². The van der Waals surface area contributed by atoms with Crippen molar-refractivity contribution in [2.24, 2.45) is 5.14 Å². The van der Waals surface area contributed by atoms with Crippen molar-refractivity contribution >= 4 is 11.9 Å². The number of fused-ring (bicyclic) bond motifs is 1. The highest BCUT2D eigenvalue weighted by Gasteiger charge is 2.18. The molecule has 1 aliphatic rings. The standard InChI is InChI=1S/C14H14N2O2S/c1-17-13-3-2-10(8-16-13)11-6-9-4-5-18-14(9)12(7-11)19-15/h2-3,6-8H,4-5,15H2,1H3. The maximum atomic E-state index is 5.72. The molecule has 0 bridgehead atoms. The van der Waals surface area contributed by atoms with Crippen molar-refractivity contribution in [3.05, 3.63) is 36.0 Å². The first-order valence-electron chi connectivity index (χ1n) is 5.98. The SMILES string of the molecule is COc1ccc(-c2cc3c(c(SN)c2)OCC3)cn1. The molecule has 1 aliphatic heterocycles. The third-order valence-corrected chi connectivity index (χ3v) is 3.71. The molecule has 0 radical (unpaired) electrons. The van der Waals surface area contributed by atoms with E-state index in [1.165, 1.54) is 17.5 Å². The molecule has 2 N–H and O–H groups in total. The van der Waals surface area contributed by atoms with Crippen molar-refractivity contribution in [2.75, 3.05) is 13.7 Å². The molecule has 2 aromatic rings. The predicted molar refractivity (Wildman–Crippen MR) is 75.5 cm³/mol. The van der Waals surface area contributed by atoms with Gasteiger partial charge in [-0.05, 0) is 41.3 Å². The number of nitrogens with two attached hydrogens (primary N) is 1. The summed E-state index contributed by atoms with van der Waals surface area (Å²) in [4.78, 5) is 5.20. The molecule has 0 atom stereocenters. The van der Waals surface area contributed by atoms with E-state index in [1.54, 1.807) is 13.3 Å². The zero-order valence-corrected chi connectivity index (χ0v) is 11.4. The molecule has 1 aromatic carbocycles. The maximum Gasteiger partial charge on any atom is 0.212 e. The van der Waals surface area contributed by atoms with Crippen LogP contribution in [0.15, 0.2) is 35.4 Å². The summed E-state index contributed by atoms with van der Waals surface area (Å²) < 4.78 is 10.7. The van der Waals surface area contributed by atoms with E-state index in [9.17, 15) is 0 Å². The van der Waals surface area contributed by atoms with Gasteiger partial charge in [0, 0.05) is 24.2 Å². The number of ether oxygens (including phenoxy) is 2. The molecule has 19 heavy (non-hydrogen) atoms. The topological polar surface area (TPSA) is 57.4 Å². The Morgan fingerprint density at radius 1 is 1.32 bits per heavy atom.